The Balaban J connectivity index is 1.92. The second kappa shape index (κ2) is 5.96. The minimum absolute atomic E-state index is 0.264. The average molecular weight is 247 g/mol. The molecule has 1 unspecified atom stereocenters. The van der Waals surface area contributed by atoms with E-state index >= 15 is 0 Å². The normalized spacial score (nSPS) is 18.7. The van der Waals surface area contributed by atoms with Crippen LogP contribution in [0.1, 0.15) is 32.0 Å². The van der Waals surface area contributed by atoms with Crippen LogP contribution in [-0.4, -0.2) is 46.9 Å². The van der Waals surface area contributed by atoms with E-state index in [0.717, 1.165) is 31.9 Å². The van der Waals surface area contributed by atoms with Crippen LogP contribution in [0.2, 0.25) is 0 Å². The molecule has 1 aliphatic rings. The van der Waals surface area contributed by atoms with E-state index < -0.39 is 0 Å². The third kappa shape index (κ3) is 2.88. The lowest BCUT2D eigenvalue weighted by atomic mass is 10.1. The molecule has 2 rings (SSSR count). The van der Waals surface area contributed by atoms with Crippen molar-refractivity contribution >= 4 is 5.91 Å². The second-order valence-corrected chi connectivity index (χ2v) is 4.70. The van der Waals surface area contributed by atoms with Gasteiger partial charge in [-0.1, -0.05) is 13.0 Å². The summed E-state index contributed by atoms with van der Waals surface area (Å²) >= 11 is 0. The molecule has 4 nitrogen and oxygen atoms in total. The highest BCUT2D eigenvalue weighted by Crippen LogP contribution is 2.19. The Morgan fingerprint density at radius 1 is 1.33 bits per heavy atom. The van der Waals surface area contributed by atoms with Crippen LogP contribution in [0.15, 0.2) is 24.4 Å². The predicted octanol–water partition coefficient (Wildman–Crippen LogP) is 1.70. The van der Waals surface area contributed by atoms with Crippen molar-refractivity contribution in [2.24, 2.45) is 0 Å². The quantitative estimate of drug-likeness (QED) is 0.815. The second-order valence-electron chi connectivity index (χ2n) is 4.70. The third-order valence-electron chi connectivity index (χ3n) is 3.63. The fourth-order valence-corrected chi connectivity index (χ4v) is 2.39. The molecule has 1 aromatic heterocycles. The van der Waals surface area contributed by atoms with Crippen molar-refractivity contribution in [3.8, 4) is 0 Å². The zero-order chi connectivity index (χ0) is 13.0. The van der Waals surface area contributed by atoms with Gasteiger partial charge in [-0.15, -0.1) is 0 Å². The lowest BCUT2D eigenvalue weighted by molar-refractivity contribution is -0.132. The molecule has 0 spiro atoms. The molecular weight excluding hydrogens is 226 g/mol. The molecule has 1 fully saturated rings. The minimum atomic E-state index is 0.264. The molecule has 98 valence electrons. The van der Waals surface area contributed by atoms with Crippen LogP contribution in [0.25, 0.3) is 0 Å². The van der Waals surface area contributed by atoms with E-state index in [4.69, 9.17) is 0 Å². The highest BCUT2D eigenvalue weighted by Gasteiger charge is 2.24. The number of hydrogen-bond donors (Lipinski definition) is 0. The summed E-state index contributed by atoms with van der Waals surface area (Å²) in [7, 11) is 0. The number of piperazine rings is 1. The molecule has 0 aliphatic carbocycles. The van der Waals surface area contributed by atoms with Gasteiger partial charge in [0.05, 0.1) is 5.69 Å². The van der Waals surface area contributed by atoms with Gasteiger partial charge < -0.3 is 4.90 Å². The standard InChI is InChI=1S/C14H21N3O/c1-3-14(18)17-10-8-16(9-11-17)12(2)13-6-4-5-7-15-13/h4-7,12H,3,8-11H2,1-2H3. The van der Waals surface area contributed by atoms with Gasteiger partial charge in [0.1, 0.15) is 0 Å². The van der Waals surface area contributed by atoms with Crippen LogP contribution in [0.4, 0.5) is 0 Å². The van der Waals surface area contributed by atoms with Crippen molar-refractivity contribution in [3.63, 3.8) is 0 Å². The Morgan fingerprint density at radius 2 is 2.06 bits per heavy atom. The van der Waals surface area contributed by atoms with Crippen LogP contribution in [0.5, 0.6) is 0 Å². The molecule has 1 atom stereocenters. The molecule has 4 heteroatoms. The van der Waals surface area contributed by atoms with Crippen LogP contribution in [-0.2, 0) is 4.79 Å². The van der Waals surface area contributed by atoms with E-state index in [-0.39, 0.29) is 5.91 Å². The Hall–Kier alpha value is -1.42. The highest BCUT2D eigenvalue weighted by atomic mass is 16.2. The summed E-state index contributed by atoms with van der Waals surface area (Å²) < 4.78 is 0. The van der Waals surface area contributed by atoms with Crippen molar-refractivity contribution in [2.45, 2.75) is 26.3 Å². The summed E-state index contributed by atoms with van der Waals surface area (Å²) in [5, 5.41) is 0. The molecular formula is C14H21N3O. The largest absolute Gasteiger partial charge is 0.340 e. The van der Waals surface area contributed by atoms with Crippen LogP contribution < -0.4 is 0 Å². The van der Waals surface area contributed by atoms with E-state index in [1.807, 2.05) is 30.2 Å². The number of carbonyl (C=O) groups is 1. The molecule has 1 saturated heterocycles. The summed E-state index contributed by atoms with van der Waals surface area (Å²) in [6.45, 7) is 7.64. The molecule has 1 aromatic rings. The third-order valence-corrected chi connectivity index (χ3v) is 3.63. The lowest BCUT2D eigenvalue weighted by Crippen LogP contribution is -2.49. The molecule has 1 amide bonds. The first-order valence-corrected chi connectivity index (χ1v) is 6.65. The Bertz CT molecular complexity index is 385. The van der Waals surface area contributed by atoms with Crippen molar-refractivity contribution in [1.29, 1.82) is 0 Å². The molecule has 0 N–H and O–H groups in total. The van der Waals surface area contributed by atoms with Gasteiger partial charge >= 0.3 is 0 Å². The number of rotatable bonds is 3. The lowest BCUT2D eigenvalue weighted by Gasteiger charge is -2.37. The monoisotopic (exact) mass is 247 g/mol. The Morgan fingerprint density at radius 3 is 2.61 bits per heavy atom. The summed E-state index contributed by atoms with van der Waals surface area (Å²) in [6, 6.07) is 6.35. The highest BCUT2D eigenvalue weighted by molar-refractivity contribution is 5.75. The molecule has 0 aromatic carbocycles. The molecule has 18 heavy (non-hydrogen) atoms. The summed E-state index contributed by atoms with van der Waals surface area (Å²) in [4.78, 5) is 20.4. The van der Waals surface area contributed by atoms with Crippen LogP contribution >= 0.6 is 0 Å². The van der Waals surface area contributed by atoms with Crippen molar-refractivity contribution < 1.29 is 4.79 Å². The zero-order valence-electron chi connectivity index (χ0n) is 11.2. The van der Waals surface area contributed by atoms with Crippen LogP contribution in [0, 0.1) is 0 Å². The maximum atomic E-state index is 11.6. The fourth-order valence-electron chi connectivity index (χ4n) is 2.39. The molecule has 2 heterocycles. The van der Waals surface area contributed by atoms with Crippen molar-refractivity contribution in [2.75, 3.05) is 26.2 Å². The first-order chi connectivity index (χ1) is 8.72. The molecule has 0 bridgehead atoms. The van der Waals surface area contributed by atoms with Gasteiger partial charge in [-0.3, -0.25) is 14.7 Å². The average Bonchev–Trinajstić information content (AvgIpc) is 2.47. The molecule has 1 aliphatic heterocycles. The van der Waals surface area contributed by atoms with E-state index in [9.17, 15) is 4.79 Å². The van der Waals surface area contributed by atoms with E-state index in [0.29, 0.717) is 12.5 Å². The Kier molecular flexibility index (Phi) is 4.31. The number of amides is 1. The first kappa shape index (κ1) is 13.0. The number of aromatic nitrogens is 1. The maximum Gasteiger partial charge on any atom is 0.222 e. The van der Waals surface area contributed by atoms with Gasteiger partial charge in [0.2, 0.25) is 5.91 Å². The Labute approximate surface area is 109 Å². The zero-order valence-corrected chi connectivity index (χ0v) is 11.2. The van der Waals surface area contributed by atoms with Crippen molar-refractivity contribution in [3.05, 3.63) is 30.1 Å². The SMILES string of the molecule is CCC(=O)N1CCN(C(C)c2ccccn2)CC1. The van der Waals surface area contributed by atoms with Gasteiger partial charge in [-0.2, -0.15) is 0 Å². The summed E-state index contributed by atoms with van der Waals surface area (Å²) in [5.41, 5.74) is 1.10. The van der Waals surface area contributed by atoms with E-state index in [2.05, 4.69) is 22.9 Å². The number of pyridine rings is 1. The minimum Gasteiger partial charge on any atom is -0.340 e. The van der Waals surface area contributed by atoms with Gasteiger partial charge in [0.15, 0.2) is 0 Å². The summed E-state index contributed by atoms with van der Waals surface area (Å²) in [6.07, 6.45) is 2.44. The molecule has 0 saturated carbocycles. The van der Waals surface area contributed by atoms with Crippen molar-refractivity contribution in [1.82, 2.24) is 14.8 Å². The predicted molar refractivity (Wildman–Crippen MR) is 71.1 cm³/mol. The first-order valence-electron chi connectivity index (χ1n) is 6.65. The maximum absolute atomic E-state index is 11.6. The van der Waals surface area contributed by atoms with Gasteiger partial charge in [-0.05, 0) is 19.1 Å². The fraction of sp³-hybridized carbons (Fsp3) is 0.571. The van der Waals surface area contributed by atoms with Gasteiger partial charge in [0, 0.05) is 44.8 Å². The van der Waals surface area contributed by atoms with E-state index in [1.54, 1.807) is 0 Å². The smallest absolute Gasteiger partial charge is 0.222 e. The van der Waals surface area contributed by atoms with Crippen LogP contribution in [0.3, 0.4) is 0 Å². The summed E-state index contributed by atoms with van der Waals surface area (Å²) in [5.74, 6) is 0.264. The van der Waals surface area contributed by atoms with Gasteiger partial charge in [-0.25, -0.2) is 0 Å². The topological polar surface area (TPSA) is 36.4 Å². The number of hydrogen-bond acceptors (Lipinski definition) is 3. The van der Waals surface area contributed by atoms with Gasteiger partial charge in [0.25, 0.3) is 0 Å². The molecule has 0 radical (unpaired) electrons. The number of nitrogens with zero attached hydrogens (tertiary/aromatic N) is 3. The van der Waals surface area contributed by atoms with E-state index in [1.165, 1.54) is 0 Å². The number of carbonyl (C=O) groups excluding carboxylic acids is 1.